The first kappa shape index (κ1) is 18.8. The van der Waals surface area contributed by atoms with Crippen LogP contribution in [0.2, 0.25) is 0 Å². The minimum Gasteiger partial charge on any atom is -0.390 e. The molecule has 2 heterocycles. The summed E-state index contributed by atoms with van der Waals surface area (Å²) >= 11 is 0. The zero-order valence-corrected chi connectivity index (χ0v) is 16.3. The number of aromatic nitrogens is 3. The minimum atomic E-state index is -3.61. The molecule has 0 saturated carbocycles. The Hall–Kier alpha value is -2.52. The summed E-state index contributed by atoms with van der Waals surface area (Å²) in [6.07, 6.45) is 1.89. The smallest absolute Gasteiger partial charge is 0.243 e. The Labute approximate surface area is 162 Å². The summed E-state index contributed by atoms with van der Waals surface area (Å²) in [4.78, 5) is 6.86. The summed E-state index contributed by atoms with van der Waals surface area (Å²) in [5, 5.41) is 7.89. The third kappa shape index (κ3) is 3.59. The lowest BCUT2D eigenvalue weighted by atomic mass is 10.0. The molecule has 0 bridgehead atoms. The van der Waals surface area contributed by atoms with Crippen LogP contribution in [0.1, 0.15) is 25.3 Å². The second-order valence-electron chi connectivity index (χ2n) is 7.09. The predicted octanol–water partition coefficient (Wildman–Crippen LogP) is 2.62. The van der Waals surface area contributed by atoms with Gasteiger partial charge in [-0.05, 0) is 48.2 Å². The van der Waals surface area contributed by atoms with E-state index in [9.17, 15) is 12.8 Å². The highest BCUT2D eigenvalue weighted by atomic mass is 32.2. The van der Waals surface area contributed by atoms with Gasteiger partial charge < -0.3 is 4.84 Å². The maximum absolute atomic E-state index is 13.8. The molecule has 0 radical (unpaired) electrons. The van der Waals surface area contributed by atoms with Crippen molar-refractivity contribution < 1.29 is 17.6 Å². The first-order chi connectivity index (χ1) is 13.4. The molecule has 1 saturated heterocycles. The first-order valence-corrected chi connectivity index (χ1v) is 10.6. The van der Waals surface area contributed by atoms with Gasteiger partial charge in [-0.1, -0.05) is 30.0 Å². The summed E-state index contributed by atoms with van der Waals surface area (Å²) in [5.41, 5.74) is 1.29. The SMILES string of the molecule is C[C@H]1CCCN(S(=O)(=O)c2ccc3nnn(OCc4ccccc4F)c3c2)C1. The third-order valence-corrected chi connectivity index (χ3v) is 6.81. The molecule has 0 aliphatic carbocycles. The van der Waals surface area contributed by atoms with Crippen LogP contribution in [0.25, 0.3) is 11.0 Å². The topological polar surface area (TPSA) is 77.3 Å². The van der Waals surface area contributed by atoms with Crippen molar-refractivity contribution >= 4 is 21.1 Å². The summed E-state index contributed by atoms with van der Waals surface area (Å²) in [6, 6.07) is 10.9. The van der Waals surface area contributed by atoms with Gasteiger partial charge in [0.1, 0.15) is 23.5 Å². The number of rotatable bonds is 5. The van der Waals surface area contributed by atoms with E-state index < -0.39 is 10.0 Å². The Kier molecular flexibility index (Phi) is 5.03. The molecule has 0 spiro atoms. The second kappa shape index (κ2) is 7.48. The summed E-state index contributed by atoms with van der Waals surface area (Å²) in [7, 11) is -3.61. The van der Waals surface area contributed by atoms with Gasteiger partial charge in [-0.3, -0.25) is 0 Å². The fraction of sp³-hybridized carbons (Fsp3) is 0.368. The van der Waals surface area contributed by atoms with Crippen LogP contribution in [0.5, 0.6) is 0 Å². The van der Waals surface area contributed by atoms with Crippen molar-refractivity contribution in [3.05, 3.63) is 53.8 Å². The average Bonchev–Trinajstić information content (AvgIpc) is 3.10. The molecular weight excluding hydrogens is 383 g/mol. The third-order valence-electron chi connectivity index (χ3n) is 4.94. The highest BCUT2D eigenvalue weighted by Crippen LogP contribution is 2.25. The molecule has 9 heteroatoms. The Bertz CT molecular complexity index is 1100. The van der Waals surface area contributed by atoms with E-state index >= 15 is 0 Å². The largest absolute Gasteiger partial charge is 0.390 e. The number of piperidine rings is 1. The molecule has 1 aliphatic rings. The molecule has 1 atom stereocenters. The molecule has 1 aliphatic heterocycles. The number of halogens is 1. The van der Waals surface area contributed by atoms with Crippen LogP contribution < -0.4 is 4.84 Å². The molecule has 7 nitrogen and oxygen atoms in total. The number of sulfonamides is 1. The van der Waals surface area contributed by atoms with Crippen LogP contribution in [-0.4, -0.2) is 41.0 Å². The quantitative estimate of drug-likeness (QED) is 0.653. The lowest BCUT2D eigenvalue weighted by Gasteiger charge is -2.30. The Balaban J connectivity index is 1.62. The molecule has 0 N–H and O–H groups in total. The molecule has 1 fully saturated rings. The van der Waals surface area contributed by atoms with Crippen LogP contribution in [0, 0.1) is 11.7 Å². The van der Waals surface area contributed by atoms with Crippen molar-refractivity contribution in [2.24, 2.45) is 5.92 Å². The van der Waals surface area contributed by atoms with Gasteiger partial charge in [-0.2, -0.15) is 4.31 Å². The van der Waals surface area contributed by atoms with Crippen LogP contribution in [0.15, 0.2) is 47.4 Å². The van der Waals surface area contributed by atoms with Crippen molar-refractivity contribution in [1.82, 2.24) is 19.5 Å². The average molecular weight is 404 g/mol. The van der Waals surface area contributed by atoms with Gasteiger partial charge in [0.15, 0.2) is 0 Å². The van der Waals surface area contributed by atoms with Crippen LogP contribution in [0.4, 0.5) is 4.39 Å². The van der Waals surface area contributed by atoms with Crippen molar-refractivity contribution in [3.8, 4) is 0 Å². The maximum atomic E-state index is 13.8. The minimum absolute atomic E-state index is 0.0499. The van der Waals surface area contributed by atoms with E-state index in [2.05, 4.69) is 17.2 Å². The van der Waals surface area contributed by atoms with Crippen molar-refractivity contribution in [2.45, 2.75) is 31.3 Å². The molecule has 4 rings (SSSR count). The summed E-state index contributed by atoms with van der Waals surface area (Å²) in [6.45, 7) is 3.04. The number of hydrogen-bond acceptors (Lipinski definition) is 5. The molecule has 2 aromatic carbocycles. The summed E-state index contributed by atoms with van der Waals surface area (Å²) in [5.74, 6) is -0.0436. The van der Waals surface area contributed by atoms with E-state index in [-0.39, 0.29) is 17.3 Å². The van der Waals surface area contributed by atoms with E-state index in [0.717, 1.165) is 17.7 Å². The zero-order chi connectivity index (χ0) is 19.7. The molecule has 3 aromatic rings. The van der Waals surface area contributed by atoms with Crippen LogP contribution >= 0.6 is 0 Å². The predicted molar refractivity (Wildman–Crippen MR) is 101 cm³/mol. The molecule has 1 aromatic heterocycles. The number of benzene rings is 2. The van der Waals surface area contributed by atoms with Crippen molar-refractivity contribution in [2.75, 3.05) is 13.1 Å². The lowest BCUT2D eigenvalue weighted by Crippen LogP contribution is -2.39. The lowest BCUT2D eigenvalue weighted by molar-refractivity contribution is 0.0733. The van der Waals surface area contributed by atoms with E-state index in [1.165, 1.54) is 22.5 Å². The molecule has 0 unspecified atom stereocenters. The molecule has 0 amide bonds. The fourth-order valence-corrected chi connectivity index (χ4v) is 5.01. The highest BCUT2D eigenvalue weighted by molar-refractivity contribution is 7.89. The Morgan fingerprint density at radius 2 is 2.07 bits per heavy atom. The normalized spacial score (nSPS) is 18.4. The molecule has 28 heavy (non-hydrogen) atoms. The zero-order valence-electron chi connectivity index (χ0n) is 15.5. The van der Waals surface area contributed by atoms with Gasteiger partial charge in [-0.25, -0.2) is 12.8 Å². The van der Waals surface area contributed by atoms with Crippen molar-refractivity contribution in [1.29, 1.82) is 0 Å². The van der Waals surface area contributed by atoms with Gasteiger partial charge >= 0.3 is 0 Å². The number of fused-ring (bicyclic) bond motifs is 1. The standard InChI is InChI=1S/C19H21FN4O3S/c1-14-5-4-10-23(12-14)28(25,26)16-8-9-18-19(11-16)24(22-21-18)27-13-15-6-2-3-7-17(15)20/h2-3,6-9,11,14H,4-5,10,12-13H2,1H3/t14-/m0/s1. The number of hydrogen-bond donors (Lipinski definition) is 0. The van der Waals surface area contributed by atoms with Gasteiger partial charge in [0.25, 0.3) is 0 Å². The van der Waals surface area contributed by atoms with Gasteiger partial charge in [0.05, 0.1) is 4.90 Å². The first-order valence-electron chi connectivity index (χ1n) is 9.17. The van der Waals surface area contributed by atoms with E-state index in [0.29, 0.717) is 35.6 Å². The Morgan fingerprint density at radius 3 is 2.86 bits per heavy atom. The van der Waals surface area contributed by atoms with Crippen molar-refractivity contribution in [3.63, 3.8) is 0 Å². The van der Waals surface area contributed by atoms with Gasteiger partial charge in [-0.15, -0.1) is 5.10 Å². The second-order valence-corrected chi connectivity index (χ2v) is 9.03. The van der Waals surface area contributed by atoms with E-state index in [1.807, 2.05) is 0 Å². The molecule has 148 valence electrons. The van der Waals surface area contributed by atoms with Gasteiger partial charge in [0.2, 0.25) is 10.0 Å². The maximum Gasteiger partial charge on any atom is 0.243 e. The van der Waals surface area contributed by atoms with Crippen LogP contribution in [-0.2, 0) is 16.6 Å². The van der Waals surface area contributed by atoms with Gasteiger partial charge in [0, 0.05) is 18.7 Å². The highest BCUT2D eigenvalue weighted by Gasteiger charge is 2.29. The van der Waals surface area contributed by atoms with E-state index in [4.69, 9.17) is 4.84 Å². The number of nitrogens with zero attached hydrogens (tertiary/aromatic N) is 4. The van der Waals surface area contributed by atoms with Crippen LogP contribution in [0.3, 0.4) is 0 Å². The van der Waals surface area contributed by atoms with E-state index in [1.54, 1.807) is 24.3 Å². The Morgan fingerprint density at radius 1 is 1.25 bits per heavy atom. The fourth-order valence-electron chi connectivity index (χ4n) is 3.39. The summed E-state index contributed by atoms with van der Waals surface area (Å²) < 4.78 is 41.3. The monoisotopic (exact) mass is 404 g/mol. The molecular formula is C19H21FN4O3S.